The summed E-state index contributed by atoms with van der Waals surface area (Å²) in [4.78, 5) is 17.7. The van der Waals surface area contributed by atoms with E-state index in [0.717, 1.165) is 10.2 Å². The van der Waals surface area contributed by atoms with Crippen LogP contribution in [0.3, 0.4) is 0 Å². The molecule has 4 aromatic rings. The third kappa shape index (κ3) is 4.79. The van der Waals surface area contributed by atoms with Gasteiger partial charge in [0.25, 0.3) is 0 Å². The average molecular weight is 524 g/mol. The Kier molecular flexibility index (Phi) is 6.65. The Morgan fingerprint density at radius 3 is 2.64 bits per heavy atom. The lowest BCUT2D eigenvalue weighted by molar-refractivity contribution is -0.120. The number of nitrogens with zero attached hydrogens (tertiary/aromatic N) is 2. The van der Waals surface area contributed by atoms with Crippen LogP contribution in [0.4, 0.5) is 5.69 Å². The number of para-hydroxylation sites is 1. The van der Waals surface area contributed by atoms with Crippen molar-refractivity contribution in [1.82, 2.24) is 9.29 Å². The number of ether oxygens (including phenoxy) is 1. The van der Waals surface area contributed by atoms with Gasteiger partial charge in [-0.2, -0.15) is 4.31 Å². The maximum absolute atomic E-state index is 13.1. The number of aromatic hydroxyl groups is 1. The number of phenols is 1. The second-order valence-electron chi connectivity index (χ2n) is 8.59. The van der Waals surface area contributed by atoms with Crippen LogP contribution in [0.1, 0.15) is 12.8 Å². The Labute approximate surface area is 213 Å². The molecule has 8 nitrogen and oxygen atoms in total. The smallest absolute Gasteiger partial charge is 0.243 e. The second kappa shape index (κ2) is 9.88. The first kappa shape index (κ1) is 24.2. The number of piperidine rings is 1. The zero-order chi connectivity index (χ0) is 25.3. The van der Waals surface area contributed by atoms with Crippen molar-refractivity contribution in [3.05, 3.63) is 66.7 Å². The van der Waals surface area contributed by atoms with Crippen molar-refractivity contribution >= 4 is 43.2 Å². The van der Waals surface area contributed by atoms with Gasteiger partial charge >= 0.3 is 0 Å². The van der Waals surface area contributed by atoms with Crippen molar-refractivity contribution in [2.24, 2.45) is 5.92 Å². The highest BCUT2D eigenvalue weighted by molar-refractivity contribution is 7.89. The molecular formula is C26H25N3O5S2. The number of sulfonamides is 1. The highest BCUT2D eigenvalue weighted by atomic mass is 32.2. The first-order chi connectivity index (χ1) is 17.3. The normalized spacial score (nSPS) is 16.6. The molecular weight excluding hydrogens is 498 g/mol. The number of nitrogens with one attached hydrogen (secondary N) is 1. The number of hydrogen-bond donors (Lipinski definition) is 2. The molecule has 1 fully saturated rings. The van der Waals surface area contributed by atoms with Gasteiger partial charge < -0.3 is 15.2 Å². The number of amides is 1. The van der Waals surface area contributed by atoms with E-state index in [2.05, 4.69) is 10.3 Å². The quantitative estimate of drug-likeness (QED) is 0.379. The SMILES string of the molecule is COc1ccc(S(=O)(=O)N2CCCC(C(=O)Nc3ccc(-c4nc5ccccc5s4)c(O)c3)C2)cc1. The van der Waals surface area contributed by atoms with Crippen LogP contribution in [-0.2, 0) is 14.8 Å². The molecule has 2 heterocycles. The molecule has 1 amide bonds. The summed E-state index contributed by atoms with van der Waals surface area (Å²) in [6, 6.07) is 18.9. The van der Waals surface area contributed by atoms with Crippen molar-refractivity contribution in [2.75, 3.05) is 25.5 Å². The molecule has 2 N–H and O–H groups in total. The number of anilines is 1. The van der Waals surface area contributed by atoms with E-state index in [1.54, 1.807) is 24.3 Å². The van der Waals surface area contributed by atoms with Gasteiger partial charge in [-0.1, -0.05) is 12.1 Å². The molecule has 1 aromatic heterocycles. The molecule has 1 unspecified atom stereocenters. The minimum atomic E-state index is -3.73. The first-order valence-electron chi connectivity index (χ1n) is 11.5. The van der Waals surface area contributed by atoms with E-state index in [1.807, 2.05) is 24.3 Å². The summed E-state index contributed by atoms with van der Waals surface area (Å²) in [7, 11) is -2.21. The monoisotopic (exact) mass is 523 g/mol. The first-order valence-corrected chi connectivity index (χ1v) is 13.7. The van der Waals surface area contributed by atoms with Crippen LogP contribution in [0.2, 0.25) is 0 Å². The lowest BCUT2D eigenvalue weighted by Gasteiger charge is -2.31. The molecule has 0 saturated carbocycles. The van der Waals surface area contributed by atoms with Crippen LogP contribution in [0.25, 0.3) is 20.8 Å². The van der Waals surface area contributed by atoms with Gasteiger partial charge in [0, 0.05) is 24.8 Å². The van der Waals surface area contributed by atoms with Gasteiger partial charge in [-0.15, -0.1) is 11.3 Å². The van der Waals surface area contributed by atoms with Crippen molar-refractivity contribution in [3.8, 4) is 22.1 Å². The number of benzene rings is 3. The molecule has 10 heteroatoms. The molecule has 3 aromatic carbocycles. The summed E-state index contributed by atoms with van der Waals surface area (Å²) < 4.78 is 33.7. The zero-order valence-corrected chi connectivity index (χ0v) is 21.2. The van der Waals surface area contributed by atoms with Gasteiger partial charge in [-0.25, -0.2) is 13.4 Å². The number of phenolic OH excluding ortho intramolecular Hbond substituents is 1. The fourth-order valence-corrected chi connectivity index (χ4v) is 6.82. The summed E-state index contributed by atoms with van der Waals surface area (Å²) in [5.41, 5.74) is 1.89. The highest BCUT2D eigenvalue weighted by Crippen LogP contribution is 2.36. The molecule has 0 spiro atoms. The molecule has 36 heavy (non-hydrogen) atoms. The standard InChI is InChI=1S/C26H25N3O5S2/c1-34-19-9-11-20(12-10-19)36(32,33)29-14-4-5-17(16-29)25(31)27-18-8-13-21(23(30)15-18)26-28-22-6-2-3-7-24(22)35-26/h2-3,6-13,15,17,30H,4-5,14,16H2,1H3,(H,27,31). The lowest BCUT2D eigenvalue weighted by atomic mass is 9.98. The van der Waals surface area contributed by atoms with Gasteiger partial charge in [0.05, 0.1) is 33.7 Å². The summed E-state index contributed by atoms with van der Waals surface area (Å²) in [5, 5.41) is 14.1. The number of hydrogen-bond acceptors (Lipinski definition) is 7. The number of carbonyl (C=O) groups is 1. The van der Waals surface area contributed by atoms with Crippen molar-refractivity contribution in [1.29, 1.82) is 0 Å². The summed E-state index contributed by atoms with van der Waals surface area (Å²) in [6.45, 7) is 0.450. The van der Waals surface area contributed by atoms with E-state index in [0.29, 0.717) is 41.4 Å². The van der Waals surface area contributed by atoms with Crippen molar-refractivity contribution in [2.45, 2.75) is 17.7 Å². The van der Waals surface area contributed by atoms with Gasteiger partial charge in [-0.3, -0.25) is 4.79 Å². The Morgan fingerprint density at radius 2 is 1.92 bits per heavy atom. The van der Waals surface area contributed by atoms with Crippen LogP contribution in [0, 0.1) is 5.92 Å². The Morgan fingerprint density at radius 1 is 1.14 bits per heavy atom. The fourth-order valence-electron chi connectivity index (χ4n) is 4.29. The third-order valence-electron chi connectivity index (χ3n) is 6.24. The van der Waals surface area contributed by atoms with E-state index in [-0.39, 0.29) is 23.1 Å². The highest BCUT2D eigenvalue weighted by Gasteiger charge is 2.33. The maximum Gasteiger partial charge on any atom is 0.243 e. The summed E-state index contributed by atoms with van der Waals surface area (Å²) in [6.07, 6.45) is 1.16. The average Bonchev–Trinajstić information content (AvgIpc) is 3.33. The van der Waals surface area contributed by atoms with E-state index >= 15 is 0 Å². The minimum absolute atomic E-state index is 0.0132. The number of fused-ring (bicyclic) bond motifs is 1. The van der Waals surface area contributed by atoms with E-state index in [4.69, 9.17) is 4.74 Å². The van der Waals surface area contributed by atoms with Gasteiger partial charge in [0.2, 0.25) is 15.9 Å². The number of rotatable bonds is 6. The molecule has 0 radical (unpaired) electrons. The second-order valence-corrected chi connectivity index (χ2v) is 11.6. The topological polar surface area (TPSA) is 109 Å². The molecule has 0 aliphatic carbocycles. The van der Waals surface area contributed by atoms with E-state index in [1.165, 1.54) is 41.0 Å². The predicted molar refractivity (Wildman–Crippen MR) is 140 cm³/mol. The van der Waals surface area contributed by atoms with Crippen LogP contribution in [0.15, 0.2) is 71.6 Å². The Hall–Kier alpha value is -3.47. The van der Waals surface area contributed by atoms with Crippen LogP contribution in [-0.4, -0.2) is 48.9 Å². The molecule has 0 bridgehead atoms. The molecule has 1 atom stereocenters. The van der Waals surface area contributed by atoms with Crippen LogP contribution < -0.4 is 10.1 Å². The summed E-state index contributed by atoms with van der Waals surface area (Å²) >= 11 is 1.48. The fraction of sp³-hybridized carbons (Fsp3) is 0.231. The van der Waals surface area contributed by atoms with Gasteiger partial charge in [-0.05, 0) is 61.4 Å². The van der Waals surface area contributed by atoms with E-state index in [9.17, 15) is 18.3 Å². The zero-order valence-electron chi connectivity index (χ0n) is 19.5. The Balaban J connectivity index is 1.28. The predicted octanol–water partition coefficient (Wildman–Crippen LogP) is 4.72. The molecule has 1 aliphatic heterocycles. The number of aromatic nitrogens is 1. The number of thiazole rings is 1. The Bertz CT molecular complexity index is 1480. The van der Waals surface area contributed by atoms with Gasteiger partial charge in [0.15, 0.2) is 0 Å². The largest absolute Gasteiger partial charge is 0.507 e. The third-order valence-corrected chi connectivity index (χ3v) is 9.19. The number of methoxy groups -OCH3 is 1. The maximum atomic E-state index is 13.1. The van der Waals surface area contributed by atoms with Crippen LogP contribution in [0.5, 0.6) is 11.5 Å². The van der Waals surface area contributed by atoms with Gasteiger partial charge in [0.1, 0.15) is 16.5 Å². The molecule has 5 rings (SSSR count). The lowest BCUT2D eigenvalue weighted by Crippen LogP contribution is -2.43. The van der Waals surface area contributed by atoms with Crippen molar-refractivity contribution in [3.63, 3.8) is 0 Å². The molecule has 1 saturated heterocycles. The number of carbonyl (C=O) groups excluding carboxylic acids is 1. The summed E-state index contributed by atoms with van der Waals surface area (Å²) in [5.74, 6) is -0.198. The van der Waals surface area contributed by atoms with Crippen LogP contribution >= 0.6 is 11.3 Å². The molecule has 186 valence electrons. The minimum Gasteiger partial charge on any atom is -0.507 e. The van der Waals surface area contributed by atoms with E-state index < -0.39 is 15.9 Å². The van der Waals surface area contributed by atoms with Crippen molar-refractivity contribution < 1.29 is 23.1 Å². The molecule has 1 aliphatic rings.